The number of aromatic nitrogens is 4. The van der Waals surface area contributed by atoms with Crippen LogP contribution in [0, 0.1) is 6.92 Å². The second-order valence-corrected chi connectivity index (χ2v) is 7.41. The normalized spacial score (nSPS) is 10.9. The van der Waals surface area contributed by atoms with Crippen molar-refractivity contribution >= 4 is 17.4 Å². The Bertz CT molecular complexity index is 1120. The Hall–Kier alpha value is -3.18. The first kappa shape index (κ1) is 19.2. The lowest BCUT2D eigenvalue weighted by Gasteiger charge is -2.10. The van der Waals surface area contributed by atoms with E-state index < -0.39 is 0 Å². The fraction of sp³-hybridized carbons (Fsp3) is 0.174. The third-order valence-corrected chi connectivity index (χ3v) is 4.91. The summed E-state index contributed by atoms with van der Waals surface area (Å²) >= 11 is 5.99. The van der Waals surface area contributed by atoms with Crippen molar-refractivity contribution in [3.8, 4) is 22.4 Å². The largest absolute Gasteiger partial charge is 0.370 e. The lowest BCUT2D eigenvalue weighted by molar-refractivity contribution is 0.768. The van der Waals surface area contributed by atoms with Gasteiger partial charge in [-0.3, -0.25) is 4.68 Å². The first-order valence-corrected chi connectivity index (χ1v) is 9.88. The highest BCUT2D eigenvalue weighted by Gasteiger charge is 2.06. The molecule has 0 bridgehead atoms. The van der Waals surface area contributed by atoms with Crippen molar-refractivity contribution in [1.29, 1.82) is 0 Å². The zero-order valence-electron chi connectivity index (χ0n) is 16.4. The van der Waals surface area contributed by atoms with Gasteiger partial charge in [-0.05, 0) is 36.6 Å². The minimum atomic E-state index is 0.714. The zero-order valence-corrected chi connectivity index (χ0v) is 17.2. The molecule has 1 N–H and O–H groups in total. The second-order valence-electron chi connectivity index (χ2n) is 6.97. The van der Waals surface area contributed by atoms with Crippen molar-refractivity contribution < 1.29 is 0 Å². The fourth-order valence-corrected chi connectivity index (χ4v) is 3.36. The molecule has 0 atom stereocenters. The molecule has 4 aromatic rings. The van der Waals surface area contributed by atoms with Crippen molar-refractivity contribution in [2.24, 2.45) is 7.05 Å². The Kier molecular flexibility index (Phi) is 5.58. The summed E-state index contributed by atoms with van der Waals surface area (Å²) in [5.41, 5.74) is 5.48. The van der Waals surface area contributed by atoms with E-state index in [4.69, 9.17) is 11.6 Å². The molecule has 5 nitrogen and oxygen atoms in total. The van der Waals surface area contributed by atoms with Gasteiger partial charge in [0.2, 0.25) is 0 Å². The number of aryl methyl sites for hydroxylation is 2. The maximum atomic E-state index is 5.99. The molecule has 0 saturated carbocycles. The highest BCUT2D eigenvalue weighted by molar-refractivity contribution is 6.30. The van der Waals surface area contributed by atoms with E-state index in [0.717, 1.165) is 41.4 Å². The van der Waals surface area contributed by atoms with Crippen LogP contribution in [0.1, 0.15) is 11.4 Å². The predicted octanol–water partition coefficient (Wildman–Crippen LogP) is 5.16. The Morgan fingerprint density at radius 2 is 1.79 bits per heavy atom. The molecule has 29 heavy (non-hydrogen) atoms. The smallest absolute Gasteiger partial charge is 0.130 e. The first-order valence-electron chi connectivity index (χ1n) is 9.50. The summed E-state index contributed by atoms with van der Waals surface area (Å²) in [5, 5.41) is 8.39. The molecule has 6 heteroatoms. The Balaban J connectivity index is 1.44. The molecule has 0 amide bonds. The van der Waals surface area contributed by atoms with Crippen molar-refractivity contribution in [3.05, 3.63) is 83.4 Å². The molecule has 4 rings (SSSR count). The highest BCUT2D eigenvalue weighted by Crippen LogP contribution is 2.22. The molecule has 2 aromatic carbocycles. The summed E-state index contributed by atoms with van der Waals surface area (Å²) in [6, 6.07) is 18.2. The van der Waals surface area contributed by atoms with Gasteiger partial charge in [0.05, 0.1) is 11.9 Å². The second kappa shape index (κ2) is 8.45. The van der Waals surface area contributed by atoms with Gasteiger partial charge in [-0.2, -0.15) is 5.10 Å². The van der Waals surface area contributed by atoms with Crippen LogP contribution in [0.2, 0.25) is 5.02 Å². The molecule has 0 radical (unpaired) electrons. The van der Waals surface area contributed by atoms with Crippen LogP contribution in [-0.2, 0) is 13.5 Å². The molecular formula is C23H22ClN5. The lowest BCUT2D eigenvalue weighted by atomic mass is 10.0. The quantitative estimate of drug-likeness (QED) is 0.483. The van der Waals surface area contributed by atoms with Gasteiger partial charge >= 0.3 is 0 Å². The third-order valence-electron chi connectivity index (χ3n) is 4.66. The van der Waals surface area contributed by atoms with Gasteiger partial charge in [0, 0.05) is 42.0 Å². The SMILES string of the molecule is Cc1nc(NCCc2cccc(-c3cnn(C)c3)c2)cc(-c2ccc(Cl)cc2)n1. The van der Waals surface area contributed by atoms with Crippen molar-refractivity contribution in [2.45, 2.75) is 13.3 Å². The van der Waals surface area contributed by atoms with Crippen LogP contribution in [0.15, 0.2) is 67.0 Å². The summed E-state index contributed by atoms with van der Waals surface area (Å²) in [5.74, 6) is 1.56. The van der Waals surface area contributed by atoms with Crippen LogP contribution in [0.4, 0.5) is 5.82 Å². The van der Waals surface area contributed by atoms with Gasteiger partial charge in [0.1, 0.15) is 11.6 Å². The van der Waals surface area contributed by atoms with E-state index in [-0.39, 0.29) is 0 Å². The Morgan fingerprint density at radius 3 is 2.55 bits per heavy atom. The Labute approximate surface area is 175 Å². The van der Waals surface area contributed by atoms with Crippen molar-refractivity contribution in [1.82, 2.24) is 19.7 Å². The molecule has 0 aliphatic carbocycles. The molecule has 2 heterocycles. The number of hydrogen-bond acceptors (Lipinski definition) is 4. The van der Waals surface area contributed by atoms with E-state index in [2.05, 4.69) is 44.6 Å². The summed E-state index contributed by atoms with van der Waals surface area (Å²) in [6.07, 6.45) is 4.81. The molecule has 0 spiro atoms. The molecule has 0 aliphatic rings. The zero-order chi connectivity index (χ0) is 20.2. The average molecular weight is 404 g/mol. The standard InChI is InChI=1S/C23H22ClN5/c1-16-27-22(18-6-8-21(24)9-7-18)13-23(28-16)25-11-10-17-4-3-5-19(12-17)20-14-26-29(2)15-20/h3-9,12-15H,10-11H2,1-2H3,(H,25,27,28). The van der Waals surface area contributed by atoms with Crippen LogP contribution in [0.25, 0.3) is 22.4 Å². The molecule has 0 saturated heterocycles. The maximum Gasteiger partial charge on any atom is 0.130 e. The van der Waals surface area contributed by atoms with E-state index in [1.807, 2.05) is 61.4 Å². The lowest BCUT2D eigenvalue weighted by Crippen LogP contribution is -2.08. The van der Waals surface area contributed by atoms with Crippen LogP contribution in [0.5, 0.6) is 0 Å². The van der Waals surface area contributed by atoms with Gasteiger partial charge in [0.15, 0.2) is 0 Å². The van der Waals surface area contributed by atoms with Gasteiger partial charge < -0.3 is 5.32 Å². The number of nitrogens with one attached hydrogen (secondary N) is 1. The summed E-state index contributed by atoms with van der Waals surface area (Å²) in [7, 11) is 1.93. The van der Waals surface area contributed by atoms with E-state index in [0.29, 0.717) is 5.02 Å². The monoisotopic (exact) mass is 403 g/mol. The van der Waals surface area contributed by atoms with Gasteiger partial charge in [-0.25, -0.2) is 9.97 Å². The van der Waals surface area contributed by atoms with Crippen LogP contribution in [0.3, 0.4) is 0 Å². The Morgan fingerprint density at radius 1 is 0.966 bits per heavy atom. The number of benzene rings is 2. The van der Waals surface area contributed by atoms with E-state index >= 15 is 0 Å². The van der Waals surface area contributed by atoms with Gasteiger partial charge in [-0.1, -0.05) is 48.0 Å². The van der Waals surface area contributed by atoms with Crippen LogP contribution < -0.4 is 5.32 Å². The van der Waals surface area contributed by atoms with Crippen LogP contribution >= 0.6 is 11.6 Å². The van der Waals surface area contributed by atoms with Gasteiger partial charge in [-0.15, -0.1) is 0 Å². The number of halogens is 1. The molecule has 0 aliphatic heterocycles. The predicted molar refractivity (Wildman–Crippen MR) is 118 cm³/mol. The minimum absolute atomic E-state index is 0.714. The number of rotatable bonds is 6. The topological polar surface area (TPSA) is 55.6 Å². The minimum Gasteiger partial charge on any atom is -0.370 e. The van der Waals surface area contributed by atoms with Gasteiger partial charge in [0.25, 0.3) is 0 Å². The number of hydrogen-bond donors (Lipinski definition) is 1. The number of nitrogens with zero attached hydrogens (tertiary/aromatic N) is 4. The van der Waals surface area contributed by atoms with E-state index in [9.17, 15) is 0 Å². The molecule has 2 aromatic heterocycles. The highest BCUT2D eigenvalue weighted by atomic mass is 35.5. The molecular weight excluding hydrogens is 382 g/mol. The van der Waals surface area contributed by atoms with Crippen molar-refractivity contribution in [3.63, 3.8) is 0 Å². The summed E-state index contributed by atoms with van der Waals surface area (Å²) in [6.45, 7) is 2.69. The summed E-state index contributed by atoms with van der Waals surface area (Å²) < 4.78 is 1.82. The molecule has 146 valence electrons. The average Bonchev–Trinajstić information content (AvgIpc) is 3.15. The molecule has 0 unspecified atom stereocenters. The van der Waals surface area contributed by atoms with Crippen LogP contribution in [-0.4, -0.2) is 26.3 Å². The summed E-state index contributed by atoms with van der Waals surface area (Å²) in [4.78, 5) is 9.06. The number of anilines is 1. The fourth-order valence-electron chi connectivity index (χ4n) is 3.24. The third kappa shape index (κ3) is 4.81. The maximum absolute atomic E-state index is 5.99. The van der Waals surface area contributed by atoms with E-state index in [1.54, 1.807) is 0 Å². The van der Waals surface area contributed by atoms with Crippen molar-refractivity contribution in [2.75, 3.05) is 11.9 Å². The van der Waals surface area contributed by atoms with E-state index in [1.165, 1.54) is 11.1 Å². The first-order chi connectivity index (χ1) is 14.1. The molecule has 0 fully saturated rings.